The van der Waals surface area contributed by atoms with E-state index in [4.69, 9.17) is 0 Å². The highest BCUT2D eigenvalue weighted by molar-refractivity contribution is 7.12. The van der Waals surface area contributed by atoms with Crippen molar-refractivity contribution in [2.45, 2.75) is 66.5 Å². The maximum absolute atomic E-state index is 3.70. The summed E-state index contributed by atoms with van der Waals surface area (Å²) < 4.78 is 0. The molecule has 2 heteroatoms. The number of aryl methyl sites for hydroxylation is 2. The molecule has 0 fully saturated rings. The SMILES string of the molecule is CCC(C)CC(CC)NCc1cc(C)c(C)s1. The van der Waals surface area contributed by atoms with Crippen LogP contribution in [0.5, 0.6) is 0 Å². The molecule has 98 valence electrons. The number of hydrogen-bond donors (Lipinski definition) is 1. The van der Waals surface area contributed by atoms with Crippen LogP contribution in [-0.2, 0) is 6.54 Å². The second-order valence-electron chi connectivity index (χ2n) is 5.19. The average molecular weight is 253 g/mol. The molecule has 0 aromatic carbocycles. The summed E-state index contributed by atoms with van der Waals surface area (Å²) in [4.78, 5) is 2.93. The number of thiophene rings is 1. The van der Waals surface area contributed by atoms with Crippen molar-refractivity contribution in [3.05, 3.63) is 21.4 Å². The Labute approximate surface area is 111 Å². The zero-order valence-corrected chi connectivity index (χ0v) is 12.8. The van der Waals surface area contributed by atoms with Gasteiger partial charge in [-0.3, -0.25) is 0 Å². The fourth-order valence-corrected chi connectivity index (χ4v) is 3.03. The van der Waals surface area contributed by atoms with Crippen molar-refractivity contribution >= 4 is 11.3 Å². The third-order valence-electron chi connectivity index (χ3n) is 3.66. The molecule has 17 heavy (non-hydrogen) atoms. The summed E-state index contributed by atoms with van der Waals surface area (Å²) in [5.41, 5.74) is 1.43. The van der Waals surface area contributed by atoms with Crippen molar-refractivity contribution in [3.8, 4) is 0 Å². The van der Waals surface area contributed by atoms with Crippen molar-refractivity contribution < 1.29 is 0 Å². The molecule has 0 aliphatic rings. The Morgan fingerprint density at radius 1 is 1.24 bits per heavy atom. The first-order valence-corrected chi connectivity index (χ1v) is 7.67. The van der Waals surface area contributed by atoms with Crippen LogP contribution in [0.2, 0.25) is 0 Å². The molecule has 0 bridgehead atoms. The van der Waals surface area contributed by atoms with Gasteiger partial charge in [0, 0.05) is 22.3 Å². The highest BCUT2D eigenvalue weighted by Crippen LogP contribution is 2.21. The first kappa shape index (κ1) is 14.7. The van der Waals surface area contributed by atoms with Crippen molar-refractivity contribution in [2.24, 2.45) is 5.92 Å². The molecule has 0 aliphatic carbocycles. The van der Waals surface area contributed by atoms with E-state index in [9.17, 15) is 0 Å². The lowest BCUT2D eigenvalue weighted by Crippen LogP contribution is -2.29. The maximum atomic E-state index is 3.70. The van der Waals surface area contributed by atoms with Crippen LogP contribution in [0.3, 0.4) is 0 Å². The molecule has 0 spiro atoms. The molecule has 2 unspecified atom stereocenters. The summed E-state index contributed by atoms with van der Waals surface area (Å²) >= 11 is 1.93. The van der Waals surface area contributed by atoms with Gasteiger partial charge in [0.25, 0.3) is 0 Å². The van der Waals surface area contributed by atoms with E-state index in [0.29, 0.717) is 6.04 Å². The summed E-state index contributed by atoms with van der Waals surface area (Å²) in [5, 5.41) is 3.70. The molecule has 1 nitrogen and oxygen atoms in total. The van der Waals surface area contributed by atoms with Gasteiger partial charge >= 0.3 is 0 Å². The molecule has 0 radical (unpaired) electrons. The van der Waals surface area contributed by atoms with Crippen molar-refractivity contribution in [2.75, 3.05) is 0 Å². The van der Waals surface area contributed by atoms with Gasteiger partial charge in [-0.05, 0) is 44.2 Å². The monoisotopic (exact) mass is 253 g/mol. The van der Waals surface area contributed by atoms with Gasteiger partial charge < -0.3 is 5.32 Å². The predicted molar refractivity (Wildman–Crippen MR) is 78.8 cm³/mol. The standard InChI is InChI=1S/C15H27NS/c1-6-11(3)8-14(7-2)16-10-15-9-12(4)13(5)17-15/h9,11,14,16H,6-8,10H2,1-5H3. The van der Waals surface area contributed by atoms with Crippen LogP contribution in [0, 0.1) is 19.8 Å². The van der Waals surface area contributed by atoms with Crippen LogP contribution >= 0.6 is 11.3 Å². The van der Waals surface area contributed by atoms with Crippen molar-refractivity contribution in [3.63, 3.8) is 0 Å². The lowest BCUT2D eigenvalue weighted by molar-refractivity contribution is 0.385. The number of rotatable bonds is 7. The van der Waals surface area contributed by atoms with Crippen LogP contribution in [0.25, 0.3) is 0 Å². The molecule has 0 saturated carbocycles. The van der Waals surface area contributed by atoms with E-state index in [-0.39, 0.29) is 0 Å². The number of hydrogen-bond acceptors (Lipinski definition) is 2. The molecule has 0 saturated heterocycles. The fraction of sp³-hybridized carbons (Fsp3) is 0.733. The van der Waals surface area contributed by atoms with Crippen LogP contribution in [0.4, 0.5) is 0 Å². The van der Waals surface area contributed by atoms with Gasteiger partial charge in [-0.15, -0.1) is 11.3 Å². The normalized spacial score (nSPS) is 14.9. The van der Waals surface area contributed by atoms with Gasteiger partial charge in [-0.2, -0.15) is 0 Å². The van der Waals surface area contributed by atoms with Gasteiger partial charge in [0.1, 0.15) is 0 Å². The van der Waals surface area contributed by atoms with Crippen molar-refractivity contribution in [1.82, 2.24) is 5.32 Å². The molecular formula is C15H27NS. The minimum atomic E-state index is 0.674. The number of nitrogens with one attached hydrogen (secondary N) is 1. The second kappa shape index (κ2) is 7.17. The molecule has 1 aromatic heterocycles. The zero-order valence-electron chi connectivity index (χ0n) is 12.0. The molecule has 1 rings (SSSR count). The molecule has 2 atom stereocenters. The summed E-state index contributed by atoms with van der Waals surface area (Å²) in [6.07, 6.45) is 3.82. The third kappa shape index (κ3) is 4.81. The Bertz CT molecular complexity index is 310. The van der Waals surface area contributed by atoms with E-state index >= 15 is 0 Å². The Morgan fingerprint density at radius 3 is 2.41 bits per heavy atom. The van der Waals surface area contributed by atoms with Gasteiger partial charge in [-0.25, -0.2) is 0 Å². The van der Waals surface area contributed by atoms with Gasteiger partial charge in [0.05, 0.1) is 0 Å². The smallest absolute Gasteiger partial charge is 0.0302 e. The van der Waals surface area contributed by atoms with Crippen LogP contribution in [-0.4, -0.2) is 6.04 Å². The first-order chi connectivity index (χ1) is 8.06. The van der Waals surface area contributed by atoms with E-state index in [1.165, 1.54) is 34.6 Å². The van der Waals surface area contributed by atoms with Gasteiger partial charge in [0.2, 0.25) is 0 Å². The fourth-order valence-electron chi connectivity index (χ4n) is 2.03. The summed E-state index contributed by atoms with van der Waals surface area (Å²) in [5.74, 6) is 0.833. The van der Waals surface area contributed by atoms with Crippen LogP contribution < -0.4 is 5.32 Å². The molecule has 0 amide bonds. The lowest BCUT2D eigenvalue weighted by Gasteiger charge is -2.19. The molecule has 0 aliphatic heterocycles. The summed E-state index contributed by atoms with van der Waals surface area (Å²) in [6.45, 7) is 12.4. The second-order valence-corrected chi connectivity index (χ2v) is 6.53. The first-order valence-electron chi connectivity index (χ1n) is 6.86. The average Bonchev–Trinajstić information content (AvgIpc) is 2.63. The van der Waals surface area contributed by atoms with E-state index in [1.807, 2.05) is 11.3 Å². The maximum Gasteiger partial charge on any atom is 0.0302 e. The van der Waals surface area contributed by atoms with E-state index < -0.39 is 0 Å². The minimum Gasteiger partial charge on any atom is -0.309 e. The highest BCUT2D eigenvalue weighted by Gasteiger charge is 2.10. The molecule has 1 aromatic rings. The quantitative estimate of drug-likeness (QED) is 0.744. The summed E-state index contributed by atoms with van der Waals surface area (Å²) in [7, 11) is 0. The minimum absolute atomic E-state index is 0.674. The van der Waals surface area contributed by atoms with Crippen LogP contribution in [0.15, 0.2) is 6.07 Å². The Kier molecular flexibility index (Phi) is 6.21. The third-order valence-corrected chi connectivity index (χ3v) is 4.81. The van der Waals surface area contributed by atoms with Crippen molar-refractivity contribution in [1.29, 1.82) is 0 Å². The Balaban J connectivity index is 2.42. The van der Waals surface area contributed by atoms with E-state index in [1.54, 1.807) is 0 Å². The highest BCUT2D eigenvalue weighted by atomic mass is 32.1. The largest absolute Gasteiger partial charge is 0.309 e. The molecule has 1 N–H and O–H groups in total. The predicted octanol–water partition coefficient (Wildman–Crippen LogP) is 4.67. The topological polar surface area (TPSA) is 12.0 Å². The van der Waals surface area contributed by atoms with Gasteiger partial charge in [0.15, 0.2) is 0 Å². The van der Waals surface area contributed by atoms with Gasteiger partial charge in [-0.1, -0.05) is 27.2 Å². The zero-order chi connectivity index (χ0) is 12.8. The molecule has 1 heterocycles. The van der Waals surface area contributed by atoms with Crippen LogP contribution in [0.1, 0.15) is 55.4 Å². The Morgan fingerprint density at radius 2 is 1.94 bits per heavy atom. The van der Waals surface area contributed by atoms with E-state index in [0.717, 1.165) is 12.5 Å². The Hall–Kier alpha value is -0.340. The van der Waals surface area contributed by atoms with E-state index in [2.05, 4.69) is 46.0 Å². The summed E-state index contributed by atoms with van der Waals surface area (Å²) in [6, 6.07) is 3.00. The molecular weight excluding hydrogens is 226 g/mol. The lowest BCUT2D eigenvalue weighted by atomic mass is 9.98.